The average molecular weight is 200 g/mol. The van der Waals surface area contributed by atoms with E-state index in [9.17, 15) is 0 Å². The van der Waals surface area contributed by atoms with Crippen molar-refractivity contribution in [2.24, 2.45) is 5.92 Å². The molecule has 1 aliphatic rings. The van der Waals surface area contributed by atoms with Crippen molar-refractivity contribution >= 4 is 6.08 Å². The van der Waals surface area contributed by atoms with Crippen molar-refractivity contribution in [2.45, 2.75) is 12.8 Å². The van der Waals surface area contributed by atoms with E-state index in [1.807, 2.05) is 0 Å². The molecule has 15 heavy (non-hydrogen) atoms. The molecule has 2 rings (SSSR count). The van der Waals surface area contributed by atoms with Gasteiger partial charge in [0, 0.05) is 5.92 Å². The van der Waals surface area contributed by atoms with Crippen LogP contribution in [0.3, 0.4) is 0 Å². The first-order valence-electron chi connectivity index (χ1n) is 5.29. The van der Waals surface area contributed by atoms with Crippen LogP contribution in [-0.4, -0.2) is 7.11 Å². The molecule has 0 bridgehead atoms. The molecule has 0 spiro atoms. The van der Waals surface area contributed by atoms with E-state index in [4.69, 9.17) is 4.74 Å². The zero-order valence-corrected chi connectivity index (χ0v) is 9.18. The molecule has 0 aromatic heterocycles. The Kier molecular flexibility index (Phi) is 2.91. The monoisotopic (exact) mass is 200 g/mol. The SMILES string of the molecule is CO/C=C/[C@@H]1c2ccccc2C=C[C@H]1C. The Hall–Kier alpha value is -1.50. The number of methoxy groups -OCH3 is 1. The number of benzene rings is 1. The second-order valence-corrected chi connectivity index (χ2v) is 3.94. The van der Waals surface area contributed by atoms with E-state index < -0.39 is 0 Å². The van der Waals surface area contributed by atoms with E-state index in [1.54, 1.807) is 13.4 Å². The summed E-state index contributed by atoms with van der Waals surface area (Å²) in [7, 11) is 1.69. The summed E-state index contributed by atoms with van der Waals surface area (Å²) < 4.78 is 5.00. The molecule has 2 atom stereocenters. The van der Waals surface area contributed by atoms with Crippen LogP contribution in [0.15, 0.2) is 42.7 Å². The minimum Gasteiger partial charge on any atom is -0.505 e. The number of fused-ring (bicyclic) bond motifs is 1. The van der Waals surface area contributed by atoms with E-state index in [2.05, 4.69) is 49.4 Å². The van der Waals surface area contributed by atoms with Crippen molar-refractivity contribution in [3.05, 3.63) is 53.8 Å². The van der Waals surface area contributed by atoms with Gasteiger partial charge in [-0.3, -0.25) is 0 Å². The maximum absolute atomic E-state index is 5.00. The van der Waals surface area contributed by atoms with Gasteiger partial charge in [-0.15, -0.1) is 0 Å². The number of allylic oxidation sites excluding steroid dienone is 2. The minimum atomic E-state index is 0.436. The summed E-state index contributed by atoms with van der Waals surface area (Å²) >= 11 is 0. The smallest absolute Gasteiger partial charge is 0.0791 e. The number of hydrogen-bond donors (Lipinski definition) is 0. The van der Waals surface area contributed by atoms with Gasteiger partial charge < -0.3 is 4.74 Å². The standard InChI is InChI=1S/C14H16O/c1-11-7-8-12-5-3-4-6-14(12)13(11)9-10-15-2/h3-11,13H,1-2H3/b10-9+/t11-,13+/m1/s1. The summed E-state index contributed by atoms with van der Waals surface area (Å²) in [6.07, 6.45) is 8.37. The zero-order chi connectivity index (χ0) is 10.7. The van der Waals surface area contributed by atoms with Crippen LogP contribution < -0.4 is 0 Å². The van der Waals surface area contributed by atoms with E-state index in [0.29, 0.717) is 11.8 Å². The van der Waals surface area contributed by atoms with Gasteiger partial charge >= 0.3 is 0 Å². The van der Waals surface area contributed by atoms with Crippen LogP contribution in [0.2, 0.25) is 0 Å². The van der Waals surface area contributed by atoms with Crippen molar-refractivity contribution in [1.82, 2.24) is 0 Å². The topological polar surface area (TPSA) is 9.23 Å². The van der Waals surface area contributed by atoms with Gasteiger partial charge in [0.25, 0.3) is 0 Å². The van der Waals surface area contributed by atoms with Crippen LogP contribution in [-0.2, 0) is 4.74 Å². The normalized spacial score (nSPS) is 24.1. The third-order valence-electron chi connectivity index (χ3n) is 2.92. The first kappa shape index (κ1) is 10.0. The van der Waals surface area contributed by atoms with Gasteiger partial charge in [0.1, 0.15) is 0 Å². The van der Waals surface area contributed by atoms with E-state index >= 15 is 0 Å². The summed E-state index contributed by atoms with van der Waals surface area (Å²) in [5.41, 5.74) is 2.71. The first-order chi connectivity index (χ1) is 7.33. The maximum atomic E-state index is 5.00. The lowest BCUT2D eigenvalue weighted by molar-refractivity contribution is 0.334. The third kappa shape index (κ3) is 1.96. The zero-order valence-electron chi connectivity index (χ0n) is 9.18. The number of hydrogen-bond acceptors (Lipinski definition) is 1. The van der Waals surface area contributed by atoms with Crippen LogP contribution in [0.25, 0.3) is 6.08 Å². The van der Waals surface area contributed by atoms with E-state index in [-0.39, 0.29) is 0 Å². The molecule has 0 radical (unpaired) electrons. The van der Waals surface area contributed by atoms with Gasteiger partial charge in [-0.25, -0.2) is 0 Å². The summed E-state index contributed by atoms with van der Waals surface area (Å²) in [5.74, 6) is 0.970. The Bertz CT molecular complexity index is 390. The lowest BCUT2D eigenvalue weighted by Crippen LogP contribution is -2.10. The molecule has 0 saturated heterocycles. The quantitative estimate of drug-likeness (QED) is 0.663. The second-order valence-electron chi connectivity index (χ2n) is 3.94. The van der Waals surface area contributed by atoms with Crippen molar-refractivity contribution in [2.75, 3.05) is 7.11 Å². The van der Waals surface area contributed by atoms with Crippen LogP contribution >= 0.6 is 0 Å². The van der Waals surface area contributed by atoms with Crippen molar-refractivity contribution in [3.8, 4) is 0 Å². The molecule has 0 heterocycles. The fraction of sp³-hybridized carbons (Fsp3) is 0.286. The van der Waals surface area contributed by atoms with Crippen molar-refractivity contribution in [1.29, 1.82) is 0 Å². The molecule has 1 nitrogen and oxygen atoms in total. The van der Waals surface area contributed by atoms with Gasteiger partial charge in [-0.2, -0.15) is 0 Å². The molecule has 0 N–H and O–H groups in total. The predicted molar refractivity (Wildman–Crippen MR) is 63.5 cm³/mol. The molecule has 0 amide bonds. The molecule has 1 aromatic rings. The Morgan fingerprint density at radius 1 is 1.27 bits per heavy atom. The fourth-order valence-electron chi connectivity index (χ4n) is 2.07. The highest BCUT2D eigenvalue weighted by Gasteiger charge is 2.20. The van der Waals surface area contributed by atoms with Gasteiger partial charge in [-0.1, -0.05) is 43.3 Å². The largest absolute Gasteiger partial charge is 0.505 e. The second kappa shape index (κ2) is 4.35. The fourth-order valence-corrected chi connectivity index (χ4v) is 2.07. The molecule has 0 unspecified atom stereocenters. The third-order valence-corrected chi connectivity index (χ3v) is 2.92. The minimum absolute atomic E-state index is 0.436. The predicted octanol–water partition coefficient (Wildman–Crippen LogP) is 3.59. The Morgan fingerprint density at radius 3 is 2.87 bits per heavy atom. The molecule has 1 aliphatic carbocycles. The van der Waals surface area contributed by atoms with Crippen LogP contribution in [0.4, 0.5) is 0 Å². The molecule has 78 valence electrons. The molecule has 0 saturated carbocycles. The van der Waals surface area contributed by atoms with Gasteiger partial charge in [0.15, 0.2) is 0 Å². The van der Waals surface area contributed by atoms with Gasteiger partial charge in [0.05, 0.1) is 13.4 Å². The van der Waals surface area contributed by atoms with E-state index in [1.165, 1.54) is 11.1 Å². The summed E-state index contributed by atoms with van der Waals surface area (Å²) in [4.78, 5) is 0. The van der Waals surface area contributed by atoms with Crippen LogP contribution in [0, 0.1) is 5.92 Å². The van der Waals surface area contributed by atoms with Crippen LogP contribution in [0.5, 0.6) is 0 Å². The van der Waals surface area contributed by atoms with Crippen LogP contribution in [0.1, 0.15) is 24.0 Å². The van der Waals surface area contributed by atoms with Crippen molar-refractivity contribution in [3.63, 3.8) is 0 Å². The average Bonchev–Trinajstić information content (AvgIpc) is 2.28. The summed E-state index contributed by atoms with van der Waals surface area (Å²) in [5, 5.41) is 0. The molecular formula is C14H16O. The highest BCUT2D eigenvalue weighted by Crippen LogP contribution is 2.34. The Morgan fingerprint density at radius 2 is 2.07 bits per heavy atom. The molecule has 1 heteroatoms. The summed E-state index contributed by atoms with van der Waals surface area (Å²) in [6.45, 7) is 2.23. The molecule has 0 fully saturated rings. The highest BCUT2D eigenvalue weighted by atomic mass is 16.5. The lowest BCUT2D eigenvalue weighted by atomic mass is 9.80. The Labute approximate surface area is 91.1 Å². The maximum Gasteiger partial charge on any atom is 0.0791 e. The first-order valence-corrected chi connectivity index (χ1v) is 5.29. The number of ether oxygens (including phenoxy) is 1. The van der Waals surface area contributed by atoms with Gasteiger partial charge in [0.2, 0.25) is 0 Å². The van der Waals surface area contributed by atoms with Gasteiger partial charge in [-0.05, 0) is 23.1 Å². The van der Waals surface area contributed by atoms with E-state index in [0.717, 1.165) is 0 Å². The molecule has 0 aliphatic heterocycles. The lowest BCUT2D eigenvalue weighted by Gasteiger charge is -2.24. The summed E-state index contributed by atoms with van der Waals surface area (Å²) in [6, 6.07) is 8.53. The molecular weight excluding hydrogens is 184 g/mol. The number of rotatable bonds is 2. The highest BCUT2D eigenvalue weighted by molar-refractivity contribution is 5.59. The Balaban J connectivity index is 2.38. The molecule has 1 aromatic carbocycles. The van der Waals surface area contributed by atoms with Crippen molar-refractivity contribution < 1.29 is 4.74 Å².